The van der Waals surface area contributed by atoms with Crippen LogP contribution in [-0.4, -0.2) is 53.1 Å². The van der Waals surface area contributed by atoms with E-state index in [9.17, 15) is 13.2 Å². The van der Waals surface area contributed by atoms with E-state index in [0.717, 1.165) is 0 Å². The van der Waals surface area contributed by atoms with Crippen molar-refractivity contribution in [1.29, 1.82) is 0 Å². The molecule has 8 heteroatoms. The lowest BCUT2D eigenvalue weighted by molar-refractivity contribution is -0.126. The Morgan fingerprint density at radius 1 is 1.19 bits per heavy atom. The van der Waals surface area contributed by atoms with Crippen molar-refractivity contribution in [2.75, 3.05) is 38.2 Å². The molecule has 1 amide bonds. The van der Waals surface area contributed by atoms with E-state index in [-0.39, 0.29) is 11.4 Å². The van der Waals surface area contributed by atoms with E-state index >= 15 is 0 Å². The molecule has 0 spiro atoms. The molecule has 0 saturated carbocycles. The maximum absolute atomic E-state index is 13.3. The van der Waals surface area contributed by atoms with Crippen molar-refractivity contribution in [1.82, 2.24) is 4.90 Å². The lowest BCUT2D eigenvalue weighted by atomic mass is 10.0. The van der Waals surface area contributed by atoms with Gasteiger partial charge in [-0.3, -0.25) is 9.10 Å². The van der Waals surface area contributed by atoms with Crippen LogP contribution >= 0.6 is 0 Å². The molecular formula is C19H26N2O5S. The molecule has 0 aliphatic carbocycles. The van der Waals surface area contributed by atoms with Gasteiger partial charge in [0.25, 0.3) is 15.9 Å². The molecule has 2 rings (SSSR count). The third-order valence-electron chi connectivity index (χ3n) is 4.60. The van der Waals surface area contributed by atoms with Crippen LogP contribution < -0.4 is 13.8 Å². The number of carbonyl (C=O) groups is 1. The van der Waals surface area contributed by atoms with Gasteiger partial charge >= 0.3 is 0 Å². The molecule has 1 aromatic rings. The number of carbonyl (C=O) groups excluding carboxylic acids is 1. The third kappa shape index (κ3) is 3.41. The van der Waals surface area contributed by atoms with Gasteiger partial charge in [0.15, 0.2) is 16.4 Å². The summed E-state index contributed by atoms with van der Waals surface area (Å²) in [5.41, 5.74) is 1.43. The Labute approximate surface area is 160 Å². The van der Waals surface area contributed by atoms with Crippen molar-refractivity contribution in [2.24, 2.45) is 0 Å². The van der Waals surface area contributed by atoms with Gasteiger partial charge in [0, 0.05) is 24.7 Å². The van der Waals surface area contributed by atoms with Gasteiger partial charge in [0.1, 0.15) is 0 Å². The number of anilines is 1. The number of methoxy groups -OCH3 is 2. The zero-order valence-corrected chi connectivity index (χ0v) is 17.2. The van der Waals surface area contributed by atoms with Crippen LogP contribution in [0.15, 0.2) is 29.7 Å². The van der Waals surface area contributed by atoms with E-state index in [4.69, 9.17) is 9.47 Å². The molecule has 0 fully saturated rings. The third-order valence-corrected chi connectivity index (χ3v) is 6.53. The van der Waals surface area contributed by atoms with Gasteiger partial charge in [0.2, 0.25) is 0 Å². The first-order chi connectivity index (χ1) is 12.8. The first-order valence-corrected chi connectivity index (χ1v) is 10.1. The number of hydrogen-bond acceptors (Lipinski definition) is 5. The fourth-order valence-electron chi connectivity index (χ4n) is 3.17. The molecular weight excluding hydrogens is 368 g/mol. The van der Waals surface area contributed by atoms with Gasteiger partial charge in [0.05, 0.1) is 26.5 Å². The molecule has 0 atom stereocenters. The van der Waals surface area contributed by atoms with Crippen LogP contribution in [0.2, 0.25) is 0 Å². The minimum Gasteiger partial charge on any atom is -0.493 e. The molecule has 1 aliphatic rings. The van der Waals surface area contributed by atoms with E-state index < -0.39 is 15.9 Å². The van der Waals surface area contributed by atoms with Gasteiger partial charge in [-0.05, 0) is 32.4 Å². The lowest BCUT2D eigenvalue weighted by Crippen LogP contribution is -2.42. The van der Waals surface area contributed by atoms with Crippen molar-refractivity contribution in [3.8, 4) is 11.5 Å². The van der Waals surface area contributed by atoms with Crippen LogP contribution in [0.1, 0.15) is 26.3 Å². The van der Waals surface area contributed by atoms with Crippen LogP contribution in [0.4, 0.5) is 5.69 Å². The standard InChI is InChI=1S/C19H26N2O5S/c1-7-10-21-15-12-17(26-6)16(25-5)11-14(15)13(4)18(27(21,23)24)19(22)20(8-2)9-3/h7,11-12H,1,8-10H2,2-6H3. The van der Waals surface area contributed by atoms with Crippen molar-refractivity contribution in [3.63, 3.8) is 0 Å². The second-order valence-corrected chi connectivity index (χ2v) is 7.78. The zero-order valence-electron chi connectivity index (χ0n) is 16.4. The Kier molecular flexibility index (Phi) is 6.20. The van der Waals surface area contributed by atoms with E-state index in [0.29, 0.717) is 41.4 Å². The van der Waals surface area contributed by atoms with Crippen molar-refractivity contribution in [2.45, 2.75) is 20.8 Å². The van der Waals surface area contributed by atoms with Crippen LogP contribution in [0, 0.1) is 0 Å². The highest BCUT2D eigenvalue weighted by Crippen LogP contribution is 2.45. The fourth-order valence-corrected chi connectivity index (χ4v) is 4.95. The summed E-state index contributed by atoms with van der Waals surface area (Å²) in [7, 11) is -1.05. The smallest absolute Gasteiger partial charge is 0.270 e. The van der Waals surface area contributed by atoms with E-state index in [1.54, 1.807) is 19.1 Å². The summed E-state index contributed by atoms with van der Waals surface area (Å²) >= 11 is 0. The molecule has 0 bridgehead atoms. The Hall–Kier alpha value is -2.48. The summed E-state index contributed by atoms with van der Waals surface area (Å²) in [6.07, 6.45) is 1.48. The Bertz CT molecular complexity index is 886. The predicted molar refractivity (Wildman–Crippen MR) is 107 cm³/mol. The van der Waals surface area contributed by atoms with E-state index in [2.05, 4.69) is 6.58 Å². The van der Waals surface area contributed by atoms with Gasteiger partial charge in [-0.15, -0.1) is 6.58 Å². The highest BCUT2D eigenvalue weighted by molar-refractivity contribution is 7.97. The normalized spacial score (nSPS) is 15.2. The fraction of sp³-hybridized carbons (Fsp3) is 0.421. The summed E-state index contributed by atoms with van der Waals surface area (Å²) in [6.45, 7) is 9.80. The van der Waals surface area contributed by atoms with Crippen LogP contribution in [0.25, 0.3) is 5.57 Å². The van der Waals surface area contributed by atoms with Crippen LogP contribution in [0.5, 0.6) is 11.5 Å². The van der Waals surface area contributed by atoms with Crippen molar-refractivity contribution < 1.29 is 22.7 Å². The number of benzene rings is 1. The summed E-state index contributed by atoms with van der Waals surface area (Å²) in [4.78, 5) is 14.3. The van der Waals surface area contributed by atoms with E-state index in [1.807, 2.05) is 13.8 Å². The summed E-state index contributed by atoms with van der Waals surface area (Å²) in [5, 5.41) is 0. The molecule has 0 radical (unpaired) electrons. The topological polar surface area (TPSA) is 76.2 Å². The van der Waals surface area contributed by atoms with Crippen LogP contribution in [0.3, 0.4) is 0 Å². The lowest BCUT2D eigenvalue weighted by Gasteiger charge is -2.34. The molecule has 1 aromatic carbocycles. The minimum atomic E-state index is -4.04. The SMILES string of the molecule is C=CCN1c2cc(OC)c(OC)cc2C(C)=C(C(=O)N(CC)CC)S1(=O)=O. The largest absolute Gasteiger partial charge is 0.493 e. The maximum Gasteiger partial charge on any atom is 0.270 e. The average molecular weight is 394 g/mol. The van der Waals surface area contributed by atoms with E-state index in [1.165, 1.54) is 29.5 Å². The van der Waals surface area contributed by atoms with Crippen molar-refractivity contribution >= 4 is 27.2 Å². The first-order valence-electron chi connectivity index (χ1n) is 8.68. The minimum absolute atomic E-state index is 0.0348. The van der Waals surface area contributed by atoms with Crippen LogP contribution in [-0.2, 0) is 14.8 Å². The second kappa shape index (κ2) is 8.04. The van der Waals surface area contributed by atoms with Gasteiger partial charge in [-0.2, -0.15) is 0 Å². The van der Waals surface area contributed by atoms with Gasteiger partial charge in [-0.1, -0.05) is 6.08 Å². The highest BCUT2D eigenvalue weighted by Gasteiger charge is 2.41. The Morgan fingerprint density at radius 2 is 1.74 bits per heavy atom. The number of nitrogens with zero attached hydrogens (tertiary/aromatic N) is 2. The number of amides is 1. The summed E-state index contributed by atoms with van der Waals surface area (Å²) < 4.78 is 38.5. The summed E-state index contributed by atoms with van der Waals surface area (Å²) in [6, 6.07) is 3.31. The molecule has 1 heterocycles. The molecule has 0 saturated heterocycles. The number of hydrogen-bond donors (Lipinski definition) is 0. The maximum atomic E-state index is 13.3. The molecule has 0 N–H and O–H groups in total. The molecule has 1 aliphatic heterocycles. The number of sulfonamides is 1. The number of allylic oxidation sites excluding steroid dienone is 1. The highest BCUT2D eigenvalue weighted by atomic mass is 32.2. The Morgan fingerprint density at radius 3 is 2.22 bits per heavy atom. The van der Waals surface area contributed by atoms with Gasteiger partial charge < -0.3 is 14.4 Å². The van der Waals surface area contributed by atoms with Gasteiger partial charge in [-0.25, -0.2) is 8.42 Å². The number of rotatable bonds is 7. The number of ether oxygens (including phenoxy) is 2. The second-order valence-electron chi connectivity index (χ2n) is 5.98. The molecule has 148 valence electrons. The number of fused-ring (bicyclic) bond motifs is 1. The molecule has 7 nitrogen and oxygen atoms in total. The Balaban J connectivity index is 2.85. The predicted octanol–water partition coefficient (Wildman–Crippen LogP) is 2.64. The zero-order chi connectivity index (χ0) is 20.4. The van der Waals surface area contributed by atoms with Crippen molar-refractivity contribution in [3.05, 3.63) is 35.3 Å². The molecule has 0 aromatic heterocycles. The average Bonchev–Trinajstić information content (AvgIpc) is 2.64. The monoisotopic (exact) mass is 394 g/mol. The summed E-state index contributed by atoms with van der Waals surface area (Å²) in [5.74, 6) is 0.363. The quantitative estimate of drug-likeness (QED) is 0.665. The first kappa shape index (κ1) is 20.8. The molecule has 0 unspecified atom stereocenters. The number of likely N-dealkylation sites (N-methyl/N-ethyl adjacent to an activating group) is 1. The molecule has 27 heavy (non-hydrogen) atoms.